The zero-order valence-electron chi connectivity index (χ0n) is 17.2. The van der Waals surface area contributed by atoms with E-state index < -0.39 is 29.0 Å². The van der Waals surface area contributed by atoms with Gasteiger partial charge >= 0.3 is 0 Å². The summed E-state index contributed by atoms with van der Waals surface area (Å²) in [5, 5.41) is 20.3. The topological polar surface area (TPSA) is 40.5 Å². The van der Waals surface area contributed by atoms with Gasteiger partial charge in [-0.05, 0) is 48.1 Å². The minimum Gasteiger partial charge on any atom is -0.396 e. The fourth-order valence-corrected chi connectivity index (χ4v) is 4.38. The van der Waals surface area contributed by atoms with E-state index in [-0.39, 0.29) is 12.0 Å². The summed E-state index contributed by atoms with van der Waals surface area (Å²) >= 11 is 0. The fraction of sp³-hybridized carbons (Fsp3) is 0.583. The molecular formula is C24H31F3O2. The zero-order chi connectivity index (χ0) is 21.2. The second-order valence-electron chi connectivity index (χ2n) is 9.37. The van der Waals surface area contributed by atoms with Gasteiger partial charge in [-0.3, -0.25) is 0 Å². The summed E-state index contributed by atoms with van der Waals surface area (Å²) in [6.07, 6.45) is 6.46. The highest BCUT2D eigenvalue weighted by Crippen LogP contribution is 2.36. The molecule has 1 unspecified atom stereocenters. The monoisotopic (exact) mass is 408 g/mol. The zero-order valence-corrected chi connectivity index (χ0v) is 17.2. The van der Waals surface area contributed by atoms with Gasteiger partial charge in [-0.2, -0.15) is 0 Å². The first-order valence-corrected chi connectivity index (χ1v) is 10.6. The van der Waals surface area contributed by atoms with E-state index in [1.54, 1.807) is 12.1 Å². The van der Waals surface area contributed by atoms with Gasteiger partial charge in [0.25, 0.3) is 0 Å². The van der Waals surface area contributed by atoms with Crippen molar-refractivity contribution in [2.75, 3.05) is 6.61 Å². The number of fused-ring (bicyclic) bond motifs is 1. The molecule has 0 aliphatic heterocycles. The van der Waals surface area contributed by atoms with Gasteiger partial charge in [0.15, 0.2) is 17.5 Å². The van der Waals surface area contributed by atoms with Crippen molar-refractivity contribution in [1.82, 2.24) is 0 Å². The van der Waals surface area contributed by atoms with Gasteiger partial charge in [0.05, 0.1) is 12.7 Å². The van der Waals surface area contributed by atoms with Crippen LogP contribution in [0.3, 0.4) is 0 Å². The van der Waals surface area contributed by atoms with Gasteiger partial charge in [0.2, 0.25) is 0 Å². The third-order valence-electron chi connectivity index (χ3n) is 6.71. The third-order valence-corrected chi connectivity index (χ3v) is 6.71. The predicted molar refractivity (Wildman–Crippen MR) is 109 cm³/mol. The molecule has 3 rings (SSSR count). The molecule has 160 valence electrons. The van der Waals surface area contributed by atoms with Crippen molar-refractivity contribution in [2.45, 2.75) is 64.9 Å². The van der Waals surface area contributed by atoms with E-state index in [1.807, 2.05) is 13.8 Å². The number of halogens is 3. The van der Waals surface area contributed by atoms with Gasteiger partial charge in [-0.25, -0.2) is 13.2 Å². The number of rotatable bonds is 7. The van der Waals surface area contributed by atoms with Gasteiger partial charge < -0.3 is 10.2 Å². The minimum atomic E-state index is -1.42. The second-order valence-corrected chi connectivity index (χ2v) is 9.37. The highest BCUT2D eigenvalue weighted by Gasteiger charge is 2.31. The highest BCUT2D eigenvalue weighted by molar-refractivity contribution is 5.84. The van der Waals surface area contributed by atoms with Crippen molar-refractivity contribution >= 4 is 10.8 Å². The Kier molecular flexibility index (Phi) is 6.90. The van der Waals surface area contributed by atoms with Crippen molar-refractivity contribution in [3.8, 4) is 0 Å². The maximum absolute atomic E-state index is 13.8. The average molecular weight is 409 g/mol. The predicted octanol–water partition coefficient (Wildman–Crippen LogP) is 5.77. The van der Waals surface area contributed by atoms with Crippen LogP contribution in [-0.2, 0) is 6.42 Å². The maximum Gasteiger partial charge on any atom is 0.195 e. The van der Waals surface area contributed by atoms with E-state index in [4.69, 9.17) is 0 Å². The van der Waals surface area contributed by atoms with E-state index in [9.17, 15) is 23.4 Å². The molecule has 29 heavy (non-hydrogen) atoms. The summed E-state index contributed by atoms with van der Waals surface area (Å²) in [7, 11) is 0. The standard InChI is InChI=1S/C24H31F3O2/c1-24(2,14-28)21(29)12-17-7-4-15(5-8-17)3-6-16-9-10-19-18(11-16)13-20(25)23(27)22(19)26/h9-11,13,15,17,21,28-29H,3-8,12,14H2,1-2H3/t15-,17-,21?. The molecule has 0 amide bonds. The summed E-state index contributed by atoms with van der Waals surface area (Å²) < 4.78 is 40.7. The Bertz CT molecular complexity index is 842. The van der Waals surface area contributed by atoms with Crippen LogP contribution in [0.4, 0.5) is 13.2 Å². The van der Waals surface area contributed by atoms with E-state index in [1.165, 1.54) is 6.07 Å². The number of aryl methyl sites for hydroxylation is 1. The SMILES string of the molecule is CC(C)(CO)C(O)C[C@H]1CC[C@H](CCc2ccc3c(F)c(F)c(F)cc3c2)CC1. The molecule has 2 aromatic carbocycles. The van der Waals surface area contributed by atoms with Crippen LogP contribution in [0.5, 0.6) is 0 Å². The molecule has 0 saturated heterocycles. The van der Waals surface area contributed by atoms with Crippen LogP contribution in [0.1, 0.15) is 57.9 Å². The molecule has 2 N–H and O–H groups in total. The molecule has 0 aromatic heterocycles. The van der Waals surface area contributed by atoms with Gasteiger partial charge in [-0.15, -0.1) is 0 Å². The number of hydrogen-bond acceptors (Lipinski definition) is 2. The molecule has 1 fully saturated rings. The summed E-state index contributed by atoms with van der Waals surface area (Å²) in [5.41, 5.74) is 0.541. The minimum absolute atomic E-state index is 0.0181. The number of aliphatic hydroxyl groups is 2. The molecule has 0 spiro atoms. The number of aliphatic hydroxyl groups excluding tert-OH is 2. The lowest BCUT2D eigenvalue weighted by atomic mass is 9.74. The Balaban J connectivity index is 1.52. The van der Waals surface area contributed by atoms with Crippen molar-refractivity contribution in [3.63, 3.8) is 0 Å². The molecule has 0 heterocycles. The lowest BCUT2D eigenvalue weighted by molar-refractivity contribution is -0.0115. The summed E-state index contributed by atoms with van der Waals surface area (Å²) in [4.78, 5) is 0. The first-order chi connectivity index (χ1) is 13.7. The molecule has 1 saturated carbocycles. The molecule has 2 nitrogen and oxygen atoms in total. The highest BCUT2D eigenvalue weighted by atomic mass is 19.2. The quantitative estimate of drug-likeness (QED) is 0.572. The van der Waals surface area contributed by atoms with Crippen LogP contribution in [0.2, 0.25) is 0 Å². The average Bonchev–Trinajstić information content (AvgIpc) is 2.71. The summed E-state index contributed by atoms with van der Waals surface area (Å²) in [6.45, 7) is 3.76. The van der Waals surface area contributed by atoms with E-state index in [0.29, 0.717) is 17.2 Å². The molecule has 0 radical (unpaired) electrons. The van der Waals surface area contributed by atoms with Crippen LogP contribution < -0.4 is 0 Å². The maximum atomic E-state index is 13.8. The second kappa shape index (κ2) is 9.05. The normalized spacial score (nSPS) is 21.5. The largest absolute Gasteiger partial charge is 0.396 e. The van der Waals surface area contributed by atoms with Gasteiger partial charge in [0.1, 0.15) is 0 Å². The van der Waals surface area contributed by atoms with Crippen LogP contribution in [0, 0.1) is 34.7 Å². The molecule has 1 aliphatic carbocycles. The van der Waals surface area contributed by atoms with Crippen molar-refractivity contribution < 1.29 is 23.4 Å². The Hall–Kier alpha value is -1.59. The van der Waals surface area contributed by atoms with Crippen LogP contribution in [0.15, 0.2) is 24.3 Å². The first kappa shape index (κ1) is 22.1. The van der Waals surface area contributed by atoms with Crippen molar-refractivity contribution in [2.24, 2.45) is 17.3 Å². The smallest absolute Gasteiger partial charge is 0.195 e. The summed E-state index contributed by atoms with van der Waals surface area (Å²) in [6, 6.07) is 6.13. The lowest BCUT2D eigenvalue weighted by Gasteiger charge is -2.34. The van der Waals surface area contributed by atoms with Crippen molar-refractivity contribution in [1.29, 1.82) is 0 Å². The van der Waals surface area contributed by atoms with Gasteiger partial charge in [-0.1, -0.05) is 57.7 Å². The lowest BCUT2D eigenvalue weighted by Crippen LogP contribution is -2.35. The van der Waals surface area contributed by atoms with Crippen LogP contribution in [-0.4, -0.2) is 22.9 Å². The van der Waals surface area contributed by atoms with E-state index >= 15 is 0 Å². The molecule has 0 bridgehead atoms. The number of hydrogen-bond donors (Lipinski definition) is 2. The van der Waals surface area contributed by atoms with Gasteiger partial charge in [0, 0.05) is 10.8 Å². The van der Waals surface area contributed by atoms with Crippen LogP contribution in [0.25, 0.3) is 10.8 Å². The molecular weight excluding hydrogens is 377 g/mol. The Morgan fingerprint density at radius 2 is 1.66 bits per heavy atom. The summed E-state index contributed by atoms with van der Waals surface area (Å²) in [5.74, 6) is -2.61. The van der Waals surface area contributed by atoms with E-state index in [0.717, 1.165) is 56.6 Å². The first-order valence-electron chi connectivity index (χ1n) is 10.6. The Morgan fingerprint density at radius 1 is 1.00 bits per heavy atom. The molecule has 1 atom stereocenters. The molecule has 2 aromatic rings. The molecule has 1 aliphatic rings. The van der Waals surface area contributed by atoms with Crippen molar-refractivity contribution in [3.05, 3.63) is 47.3 Å². The molecule has 5 heteroatoms. The number of benzene rings is 2. The Morgan fingerprint density at radius 3 is 2.31 bits per heavy atom. The van der Waals surface area contributed by atoms with Crippen LogP contribution >= 0.6 is 0 Å². The third kappa shape index (κ3) is 5.13. The van der Waals surface area contributed by atoms with E-state index in [2.05, 4.69) is 0 Å². The fourth-order valence-electron chi connectivity index (χ4n) is 4.38. The Labute approximate surface area is 170 Å².